The lowest BCUT2D eigenvalue weighted by molar-refractivity contribution is -0.116. The van der Waals surface area contributed by atoms with E-state index in [4.69, 9.17) is 0 Å². The number of sulfonamides is 1. The molecule has 7 heteroatoms. The van der Waals surface area contributed by atoms with Crippen LogP contribution in [0.25, 0.3) is 0 Å². The molecule has 1 N–H and O–H groups in total. The third-order valence-electron chi connectivity index (χ3n) is 5.39. The number of hydrogen-bond donors (Lipinski definition) is 1. The monoisotopic (exact) mass is 429 g/mol. The van der Waals surface area contributed by atoms with E-state index in [1.54, 1.807) is 24.3 Å². The van der Waals surface area contributed by atoms with Gasteiger partial charge in [-0.1, -0.05) is 36.4 Å². The maximum absolute atomic E-state index is 12.7. The molecule has 1 aliphatic heterocycles. The van der Waals surface area contributed by atoms with Crippen molar-refractivity contribution >= 4 is 21.6 Å². The number of anilines is 1. The van der Waals surface area contributed by atoms with Gasteiger partial charge in [-0.05, 0) is 63.0 Å². The van der Waals surface area contributed by atoms with E-state index in [0.717, 1.165) is 32.2 Å². The van der Waals surface area contributed by atoms with Gasteiger partial charge >= 0.3 is 0 Å². The number of carbonyl (C=O) groups is 1. The minimum Gasteiger partial charge on any atom is -0.326 e. The molecule has 1 aliphatic rings. The van der Waals surface area contributed by atoms with Crippen molar-refractivity contribution in [3.05, 3.63) is 60.2 Å². The van der Waals surface area contributed by atoms with E-state index in [2.05, 4.69) is 34.5 Å². The Morgan fingerprint density at radius 1 is 1.03 bits per heavy atom. The maximum atomic E-state index is 12.7. The predicted molar refractivity (Wildman–Crippen MR) is 120 cm³/mol. The fourth-order valence-electron chi connectivity index (χ4n) is 3.64. The van der Waals surface area contributed by atoms with E-state index >= 15 is 0 Å². The number of nitrogens with zero attached hydrogens (tertiary/aromatic N) is 2. The maximum Gasteiger partial charge on any atom is 0.243 e. The number of nitrogens with one attached hydrogen (secondary N) is 1. The van der Waals surface area contributed by atoms with Gasteiger partial charge in [0.2, 0.25) is 15.9 Å². The number of hydrogen-bond acceptors (Lipinski definition) is 4. The van der Waals surface area contributed by atoms with Crippen LogP contribution in [0.1, 0.15) is 31.2 Å². The molecule has 0 atom stereocenters. The molecule has 1 amide bonds. The lowest BCUT2D eigenvalue weighted by Gasteiger charge is -2.17. The molecule has 0 saturated carbocycles. The molecule has 3 rings (SSSR count). The molecule has 30 heavy (non-hydrogen) atoms. The van der Waals surface area contributed by atoms with Crippen LogP contribution < -0.4 is 5.32 Å². The standard InChI is InChI=1S/C23H31N3O3S/c1-25(15-8-11-20-9-3-2-4-10-20)18-14-23(27)24-21-12-7-13-22(19-21)30(28,29)26-16-5-6-17-26/h2-4,7,9-10,12-13,19H,5-6,8,11,14-18H2,1H3,(H,24,27). The summed E-state index contributed by atoms with van der Waals surface area (Å²) >= 11 is 0. The zero-order chi connectivity index (χ0) is 21.4. The fraction of sp³-hybridized carbons (Fsp3) is 0.435. The Hall–Kier alpha value is -2.22. The quantitative estimate of drug-likeness (QED) is 0.629. The van der Waals surface area contributed by atoms with Crippen LogP contribution >= 0.6 is 0 Å². The molecule has 2 aromatic rings. The lowest BCUT2D eigenvalue weighted by Crippen LogP contribution is -2.28. The SMILES string of the molecule is CN(CCCc1ccccc1)CCC(=O)Nc1cccc(S(=O)(=O)N2CCCC2)c1. The van der Waals surface area contributed by atoms with Crippen molar-refractivity contribution in [2.24, 2.45) is 0 Å². The van der Waals surface area contributed by atoms with Crippen LogP contribution in [0.2, 0.25) is 0 Å². The van der Waals surface area contributed by atoms with Gasteiger partial charge in [-0.2, -0.15) is 4.31 Å². The van der Waals surface area contributed by atoms with Crippen LogP contribution in [0.4, 0.5) is 5.69 Å². The first-order valence-electron chi connectivity index (χ1n) is 10.6. The van der Waals surface area contributed by atoms with Gasteiger partial charge in [0.15, 0.2) is 0 Å². The highest BCUT2D eigenvalue weighted by Crippen LogP contribution is 2.23. The van der Waals surface area contributed by atoms with Crippen molar-refractivity contribution in [1.29, 1.82) is 0 Å². The first-order chi connectivity index (χ1) is 14.4. The Kier molecular flexibility index (Phi) is 8.01. The molecular weight excluding hydrogens is 398 g/mol. The van der Waals surface area contributed by atoms with Crippen LogP contribution in [-0.4, -0.2) is 56.8 Å². The van der Waals surface area contributed by atoms with Crippen molar-refractivity contribution in [3.8, 4) is 0 Å². The second-order valence-corrected chi connectivity index (χ2v) is 9.77. The number of carbonyl (C=O) groups excluding carboxylic acids is 1. The number of rotatable bonds is 10. The second-order valence-electron chi connectivity index (χ2n) is 7.83. The summed E-state index contributed by atoms with van der Waals surface area (Å²) in [6.07, 6.45) is 4.22. The summed E-state index contributed by atoms with van der Waals surface area (Å²) < 4.78 is 26.9. The summed E-state index contributed by atoms with van der Waals surface area (Å²) in [5.74, 6) is -0.111. The summed E-state index contributed by atoms with van der Waals surface area (Å²) in [7, 11) is -1.47. The van der Waals surface area contributed by atoms with E-state index < -0.39 is 10.0 Å². The predicted octanol–water partition coefficient (Wildman–Crippen LogP) is 3.36. The molecule has 6 nitrogen and oxygen atoms in total. The van der Waals surface area contributed by atoms with Gasteiger partial charge in [-0.25, -0.2) is 8.42 Å². The third-order valence-corrected chi connectivity index (χ3v) is 7.28. The van der Waals surface area contributed by atoms with Gasteiger partial charge in [0.25, 0.3) is 0 Å². The van der Waals surface area contributed by atoms with Gasteiger partial charge in [-0.15, -0.1) is 0 Å². The van der Waals surface area contributed by atoms with E-state index in [0.29, 0.717) is 31.7 Å². The molecule has 1 heterocycles. The fourth-order valence-corrected chi connectivity index (χ4v) is 5.20. The summed E-state index contributed by atoms with van der Waals surface area (Å²) in [6.45, 7) is 2.71. The van der Waals surface area contributed by atoms with Crippen molar-refractivity contribution < 1.29 is 13.2 Å². The highest BCUT2D eigenvalue weighted by molar-refractivity contribution is 7.89. The van der Waals surface area contributed by atoms with Crippen molar-refractivity contribution in [2.75, 3.05) is 38.5 Å². The van der Waals surface area contributed by atoms with Gasteiger partial charge in [0.05, 0.1) is 4.90 Å². The third kappa shape index (κ3) is 6.39. The van der Waals surface area contributed by atoms with Gasteiger partial charge < -0.3 is 10.2 Å². The van der Waals surface area contributed by atoms with E-state index in [1.165, 1.54) is 9.87 Å². The number of amides is 1. The van der Waals surface area contributed by atoms with Crippen LogP contribution in [0.15, 0.2) is 59.5 Å². The summed E-state index contributed by atoms with van der Waals surface area (Å²) in [6, 6.07) is 16.9. The zero-order valence-corrected chi connectivity index (χ0v) is 18.4. The summed E-state index contributed by atoms with van der Waals surface area (Å²) in [4.78, 5) is 14.7. The normalized spacial score (nSPS) is 14.9. The molecular formula is C23H31N3O3S. The average Bonchev–Trinajstić information content (AvgIpc) is 3.29. The van der Waals surface area contributed by atoms with Crippen LogP contribution in [0, 0.1) is 0 Å². The lowest BCUT2D eigenvalue weighted by atomic mass is 10.1. The molecule has 0 unspecified atom stereocenters. The molecule has 0 spiro atoms. The van der Waals surface area contributed by atoms with E-state index in [-0.39, 0.29) is 10.8 Å². The summed E-state index contributed by atoms with van der Waals surface area (Å²) in [5.41, 5.74) is 1.85. The molecule has 2 aromatic carbocycles. The molecule has 0 radical (unpaired) electrons. The minimum atomic E-state index is -3.48. The van der Waals surface area contributed by atoms with E-state index in [9.17, 15) is 13.2 Å². The van der Waals surface area contributed by atoms with Crippen LogP contribution in [0.3, 0.4) is 0 Å². The Morgan fingerprint density at radius 3 is 2.50 bits per heavy atom. The van der Waals surface area contributed by atoms with Gasteiger partial charge in [-0.3, -0.25) is 4.79 Å². The first-order valence-corrected chi connectivity index (χ1v) is 12.0. The molecule has 1 fully saturated rings. The first kappa shape index (κ1) is 22.5. The Morgan fingerprint density at radius 2 is 1.77 bits per heavy atom. The van der Waals surface area contributed by atoms with Gasteiger partial charge in [0.1, 0.15) is 0 Å². The van der Waals surface area contributed by atoms with Crippen molar-refractivity contribution in [2.45, 2.75) is 37.0 Å². The highest BCUT2D eigenvalue weighted by atomic mass is 32.2. The van der Waals surface area contributed by atoms with Crippen molar-refractivity contribution in [3.63, 3.8) is 0 Å². The largest absolute Gasteiger partial charge is 0.326 e. The zero-order valence-electron chi connectivity index (χ0n) is 17.6. The Balaban J connectivity index is 1.44. The van der Waals surface area contributed by atoms with Gasteiger partial charge in [0, 0.05) is 31.7 Å². The Labute approximate surface area is 179 Å². The molecule has 162 valence electrons. The number of benzene rings is 2. The molecule has 0 bridgehead atoms. The number of aryl methyl sites for hydroxylation is 1. The molecule has 0 aromatic heterocycles. The molecule has 1 saturated heterocycles. The van der Waals surface area contributed by atoms with E-state index in [1.807, 2.05) is 13.1 Å². The van der Waals surface area contributed by atoms with Crippen molar-refractivity contribution in [1.82, 2.24) is 9.21 Å². The van der Waals surface area contributed by atoms with Crippen LogP contribution in [-0.2, 0) is 21.2 Å². The second kappa shape index (κ2) is 10.7. The highest BCUT2D eigenvalue weighted by Gasteiger charge is 2.27. The topological polar surface area (TPSA) is 69.7 Å². The van der Waals surface area contributed by atoms with Crippen LogP contribution in [0.5, 0.6) is 0 Å². The summed E-state index contributed by atoms with van der Waals surface area (Å²) in [5, 5.41) is 2.83. The Bertz CT molecular complexity index is 926. The molecule has 0 aliphatic carbocycles. The smallest absolute Gasteiger partial charge is 0.243 e. The average molecular weight is 430 g/mol. The minimum absolute atomic E-state index is 0.111.